The van der Waals surface area contributed by atoms with Crippen LogP contribution >= 0.6 is 12.2 Å². The summed E-state index contributed by atoms with van der Waals surface area (Å²) >= 11 is 4.62. The fourth-order valence-electron chi connectivity index (χ4n) is 1.45. The van der Waals surface area contributed by atoms with E-state index in [2.05, 4.69) is 29.7 Å². The summed E-state index contributed by atoms with van der Waals surface area (Å²) in [5.41, 5.74) is 8.20. The average molecular weight is 283 g/mol. The van der Waals surface area contributed by atoms with E-state index in [4.69, 9.17) is 10.5 Å². The summed E-state index contributed by atoms with van der Waals surface area (Å²) in [5, 5.41) is 3.85. The maximum Gasteiger partial charge on any atom is 0.184 e. The molecule has 0 aliphatic heterocycles. The predicted octanol–water partition coefficient (Wildman–Crippen LogP) is 2.56. The van der Waals surface area contributed by atoms with Gasteiger partial charge in [0, 0.05) is 5.56 Å². The number of hydrazone groups is 1. The van der Waals surface area contributed by atoms with Gasteiger partial charge in [0.15, 0.2) is 5.11 Å². The zero-order valence-corrected chi connectivity index (χ0v) is 11.7. The molecule has 0 saturated heterocycles. The first-order chi connectivity index (χ1) is 9.13. The number of benzene rings is 1. The van der Waals surface area contributed by atoms with E-state index in [1.807, 2.05) is 0 Å². The van der Waals surface area contributed by atoms with Crippen LogP contribution in [-0.4, -0.2) is 17.9 Å². The Hall–Kier alpha value is -1.69. The molecule has 1 rings (SSSR count). The molecular weight excluding hydrogens is 265 g/mol. The lowest BCUT2D eigenvalue weighted by Crippen LogP contribution is -2.24. The lowest BCUT2D eigenvalue weighted by Gasteiger charge is -2.08. The molecule has 1 aromatic carbocycles. The molecule has 6 heteroatoms. The van der Waals surface area contributed by atoms with Gasteiger partial charge in [0.1, 0.15) is 11.6 Å². The minimum Gasteiger partial charge on any atom is -0.493 e. The van der Waals surface area contributed by atoms with E-state index >= 15 is 0 Å². The van der Waals surface area contributed by atoms with Crippen molar-refractivity contribution in [2.45, 2.75) is 26.2 Å². The van der Waals surface area contributed by atoms with Crippen LogP contribution in [0, 0.1) is 5.82 Å². The van der Waals surface area contributed by atoms with Gasteiger partial charge in [-0.1, -0.05) is 19.8 Å². The van der Waals surface area contributed by atoms with E-state index in [-0.39, 0.29) is 10.9 Å². The number of halogens is 1. The number of rotatable bonds is 7. The summed E-state index contributed by atoms with van der Waals surface area (Å²) < 4.78 is 18.8. The molecule has 3 N–H and O–H groups in total. The van der Waals surface area contributed by atoms with Gasteiger partial charge in [0.25, 0.3) is 0 Å². The second-order valence-corrected chi connectivity index (χ2v) is 4.41. The van der Waals surface area contributed by atoms with Crippen LogP contribution in [0.4, 0.5) is 4.39 Å². The first-order valence-corrected chi connectivity index (χ1v) is 6.55. The standard InChI is InChI=1S/C13H18FN3OS/c1-2-3-4-7-18-12-6-5-11(14)8-10(12)9-16-17-13(15)19/h5-6,8-9H,2-4,7H2,1H3,(H3,15,17,19). The molecule has 0 atom stereocenters. The summed E-state index contributed by atoms with van der Waals surface area (Å²) in [5.74, 6) is 0.240. The summed E-state index contributed by atoms with van der Waals surface area (Å²) in [6, 6.07) is 4.29. The normalized spacial score (nSPS) is 10.6. The fraction of sp³-hybridized carbons (Fsp3) is 0.385. The highest BCUT2D eigenvalue weighted by Crippen LogP contribution is 2.18. The van der Waals surface area contributed by atoms with Crippen LogP contribution < -0.4 is 15.9 Å². The van der Waals surface area contributed by atoms with Crippen LogP contribution in [0.3, 0.4) is 0 Å². The molecule has 19 heavy (non-hydrogen) atoms. The predicted molar refractivity (Wildman–Crippen MR) is 78.9 cm³/mol. The topological polar surface area (TPSA) is 59.6 Å². The second-order valence-electron chi connectivity index (χ2n) is 3.97. The quantitative estimate of drug-likeness (QED) is 0.349. The first kappa shape index (κ1) is 15.4. The third kappa shape index (κ3) is 6.15. The lowest BCUT2D eigenvalue weighted by atomic mass is 10.2. The number of hydrogen-bond acceptors (Lipinski definition) is 3. The van der Waals surface area contributed by atoms with E-state index in [9.17, 15) is 4.39 Å². The zero-order chi connectivity index (χ0) is 14.1. The van der Waals surface area contributed by atoms with Crippen molar-refractivity contribution in [2.24, 2.45) is 10.8 Å². The van der Waals surface area contributed by atoms with Crippen LogP contribution in [0.2, 0.25) is 0 Å². The molecule has 0 bridgehead atoms. The molecule has 0 spiro atoms. The largest absolute Gasteiger partial charge is 0.493 e. The summed E-state index contributed by atoms with van der Waals surface area (Å²) in [4.78, 5) is 0. The molecule has 0 aromatic heterocycles. The molecule has 104 valence electrons. The number of nitrogens with zero attached hydrogens (tertiary/aromatic N) is 1. The highest BCUT2D eigenvalue weighted by atomic mass is 32.1. The van der Waals surface area contributed by atoms with Crippen molar-refractivity contribution in [1.29, 1.82) is 0 Å². The molecule has 1 aromatic rings. The SMILES string of the molecule is CCCCCOc1ccc(F)cc1C=NNC(N)=S. The lowest BCUT2D eigenvalue weighted by molar-refractivity contribution is 0.305. The average Bonchev–Trinajstić information content (AvgIpc) is 2.36. The molecule has 0 unspecified atom stereocenters. The van der Waals surface area contributed by atoms with Gasteiger partial charge >= 0.3 is 0 Å². The molecule has 0 fully saturated rings. The monoisotopic (exact) mass is 283 g/mol. The van der Waals surface area contributed by atoms with E-state index in [0.717, 1.165) is 19.3 Å². The summed E-state index contributed by atoms with van der Waals surface area (Å²) in [7, 11) is 0. The Kier molecular flexibility index (Phi) is 6.81. The summed E-state index contributed by atoms with van der Waals surface area (Å²) in [6.45, 7) is 2.72. The van der Waals surface area contributed by atoms with E-state index in [1.54, 1.807) is 6.07 Å². The molecule has 0 saturated carbocycles. The maximum atomic E-state index is 13.2. The van der Waals surface area contributed by atoms with Crippen molar-refractivity contribution in [3.8, 4) is 5.75 Å². The van der Waals surface area contributed by atoms with Crippen LogP contribution in [0.15, 0.2) is 23.3 Å². The van der Waals surface area contributed by atoms with Crippen LogP contribution in [0.5, 0.6) is 5.75 Å². The third-order valence-corrected chi connectivity index (χ3v) is 2.45. The zero-order valence-electron chi connectivity index (χ0n) is 10.9. The van der Waals surface area contributed by atoms with Crippen LogP contribution in [0.1, 0.15) is 31.7 Å². The Morgan fingerprint density at radius 3 is 3.00 bits per heavy atom. The Morgan fingerprint density at radius 1 is 1.53 bits per heavy atom. The Bertz CT molecular complexity index is 452. The number of unbranched alkanes of at least 4 members (excludes halogenated alkanes) is 2. The van der Waals surface area contributed by atoms with Gasteiger partial charge in [0.2, 0.25) is 0 Å². The second kappa shape index (κ2) is 8.42. The fourth-order valence-corrected chi connectivity index (χ4v) is 1.50. The highest BCUT2D eigenvalue weighted by molar-refractivity contribution is 7.80. The van der Waals surface area contributed by atoms with Gasteiger partial charge in [-0.2, -0.15) is 5.10 Å². The molecule has 0 amide bonds. The van der Waals surface area contributed by atoms with Gasteiger partial charge in [0.05, 0.1) is 12.8 Å². The number of nitrogens with one attached hydrogen (secondary N) is 1. The van der Waals surface area contributed by atoms with E-state index in [0.29, 0.717) is 17.9 Å². The van der Waals surface area contributed by atoms with Crippen molar-refractivity contribution in [3.63, 3.8) is 0 Å². The van der Waals surface area contributed by atoms with Gasteiger partial charge in [-0.25, -0.2) is 4.39 Å². The van der Waals surface area contributed by atoms with Crippen LogP contribution in [-0.2, 0) is 0 Å². The Labute approximate surface area is 117 Å². The van der Waals surface area contributed by atoms with Crippen LogP contribution in [0.25, 0.3) is 0 Å². The van der Waals surface area contributed by atoms with Crippen molar-refractivity contribution in [1.82, 2.24) is 5.43 Å². The van der Waals surface area contributed by atoms with Crippen molar-refractivity contribution >= 4 is 23.5 Å². The van der Waals surface area contributed by atoms with Gasteiger partial charge < -0.3 is 10.5 Å². The third-order valence-electron chi connectivity index (χ3n) is 2.36. The minimum atomic E-state index is -0.349. The molecular formula is C13H18FN3OS. The van der Waals surface area contributed by atoms with Crippen molar-refractivity contribution < 1.29 is 9.13 Å². The minimum absolute atomic E-state index is 0.0538. The maximum absolute atomic E-state index is 13.2. The number of ether oxygens (including phenoxy) is 1. The molecule has 0 radical (unpaired) electrons. The van der Waals surface area contributed by atoms with E-state index < -0.39 is 0 Å². The molecule has 4 nitrogen and oxygen atoms in total. The highest BCUT2D eigenvalue weighted by Gasteiger charge is 2.03. The number of nitrogens with two attached hydrogens (primary N) is 1. The Morgan fingerprint density at radius 2 is 2.32 bits per heavy atom. The summed E-state index contributed by atoms with van der Waals surface area (Å²) in [6.07, 6.45) is 4.62. The number of thiocarbonyl (C=S) groups is 1. The first-order valence-electron chi connectivity index (χ1n) is 6.14. The van der Waals surface area contributed by atoms with Gasteiger partial charge in [-0.3, -0.25) is 5.43 Å². The Balaban J connectivity index is 2.68. The molecule has 0 aliphatic rings. The van der Waals surface area contributed by atoms with E-state index in [1.165, 1.54) is 18.3 Å². The van der Waals surface area contributed by atoms with Gasteiger partial charge in [-0.15, -0.1) is 0 Å². The van der Waals surface area contributed by atoms with Crippen molar-refractivity contribution in [3.05, 3.63) is 29.6 Å². The number of hydrogen-bond donors (Lipinski definition) is 2. The molecule has 0 aliphatic carbocycles. The van der Waals surface area contributed by atoms with Gasteiger partial charge in [-0.05, 0) is 36.8 Å². The smallest absolute Gasteiger partial charge is 0.184 e. The van der Waals surface area contributed by atoms with Crippen molar-refractivity contribution in [2.75, 3.05) is 6.61 Å². The molecule has 0 heterocycles.